The van der Waals surface area contributed by atoms with E-state index in [2.05, 4.69) is 12.2 Å². The second kappa shape index (κ2) is 9.30. The zero-order valence-corrected chi connectivity index (χ0v) is 17.2. The lowest BCUT2D eigenvalue weighted by molar-refractivity contribution is -0.127. The van der Waals surface area contributed by atoms with Crippen LogP contribution < -0.4 is 14.8 Å². The third-order valence-corrected chi connectivity index (χ3v) is 6.11. The summed E-state index contributed by atoms with van der Waals surface area (Å²) in [5, 5.41) is 3.24. The fourth-order valence-corrected chi connectivity index (χ4v) is 4.18. The molecule has 2 amide bonds. The van der Waals surface area contributed by atoms with Crippen LogP contribution in [0.1, 0.15) is 55.8 Å². The van der Waals surface area contributed by atoms with E-state index in [0.29, 0.717) is 49.0 Å². The van der Waals surface area contributed by atoms with E-state index in [4.69, 9.17) is 9.47 Å². The zero-order valence-electron chi connectivity index (χ0n) is 17.2. The van der Waals surface area contributed by atoms with Gasteiger partial charge in [-0.3, -0.25) is 9.59 Å². The van der Waals surface area contributed by atoms with E-state index in [-0.39, 0.29) is 17.7 Å². The molecule has 154 valence electrons. The van der Waals surface area contributed by atoms with Crippen molar-refractivity contribution in [2.45, 2.75) is 51.5 Å². The van der Waals surface area contributed by atoms with Gasteiger partial charge in [0, 0.05) is 36.7 Å². The quantitative estimate of drug-likeness (QED) is 0.841. The molecule has 1 aromatic rings. The molecule has 0 spiro atoms. The van der Waals surface area contributed by atoms with Crippen LogP contribution in [-0.2, 0) is 4.79 Å². The molecule has 6 heteroatoms. The maximum absolute atomic E-state index is 12.9. The van der Waals surface area contributed by atoms with Crippen LogP contribution in [0.5, 0.6) is 11.5 Å². The minimum absolute atomic E-state index is 0.00301. The number of methoxy groups -OCH3 is 2. The van der Waals surface area contributed by atoms with E-state index in [1.807, 2.05) is 4.90 Å². The number of nitrogens with one attached hydrogen (secondary N) is 1. The van der Waals surface area contributed by atoms with Crippen LogP contribution in [0.3, 0.4) is 0 Å². The first-order valence-electron chi connectivity index (χ1n) is 10.3. The van der Waals surface area contributed by atoms with Crippen LogP contribution in [0.2, 0.25) is 0 Å². The van der Waals surface area contributed by atoms with Gasteiger partial charge in [-0.2, -0.15) is 0 Å². The van der Waals surface area contributed by atoms with Gasteiger partial charge in [0.1, 0.15) is 11.5 Å². The third kappa shape index (κ3) is 4.97. The molecular weight excluding hydrogens is 356 g/mol. The molecule has 0 aromatic heterocycles. The molecule has 1 aliphatic carbocycles. The van der Waals surface area contributed by atoms with Crippen LogP contribution in [-0.4, -0.2) is 50.1 Å². The van der Waals surface area contributed by atoms with E-state index in [9.17, 15) is 9.59 Å². The molecule has 0 atom stereocenters. The fourth-order valence-electron chi connectivity index (χ4n) is 4.18. The number of hydrogen-bond donors (Lipinski definition) is 1. The highest BCUT2D eigenvalue weighted by Gasteiger charge is 2.30. The zero-order chi connectivity index (χ0) is 20.1. The van der Waals surface area contributed by atoms with Crippen molar-refractivity contribution in [1.29, 1.82) is 0 Å². The number of nitrogens with zero attached hydrogens (tertiary/aromatic N) is 1. The van der Waals surface area contributed by atoms with E-state index in [1.54, 1.807) is 32.4 Å². The molecule has 3 rings (SSSR count). The number of ether oxygens (including phenoxy) is 2. The first kappa shape index (κ1) is 20.5. The van der Waals surface area contributed by atoms with E-state index >= 15 is 0 Å². The van der Waals surface area contributed by atoms with Gasteiger partial charge in [0.05, 0.1) is 14.2 Å². The van der Waals surface area contributed by atoms with Crippen LogP contribution >= 0.6 is 0 Å². The molecular formula is C22H32N2O4. The van der Waals surface area contributed by atoms with E-state index < -0.39 is 0 Å². The van der Waals surface area contributed by atoms with Crippen molar-refractivity contribution >= 4 is 11.8 Å². The monoisotopic (exact) mass is 388 g/mol. The number of amides is 2. The van der Waals surface area contributed by atoms with Crippen LogP contribution in [0.15, 0.2) is 18.2 Å². The predicted molar refractivity (Wildman–Crippen MR) is 108 cm³/mol. The van der Waals surface area contributed by atoms with Gasteiger partial charge in [-0.25, -0.2) is 0 Å². The summed E-state index contributed by atoms with van der Waals surface area (Å²) in [4.78, 5) is 27.3. The van der Waals surface area contributed by atoms with Gasteiger partial charge in [-0.05, 0) is 56.6 Å². The minimum Gasteiger partial charge on any atom is -0.497 e. The van der Waals surface area contributed by atoms with Gasteiger partial charge in [-0.15, -0.1) is 0 Å². The molecule has 1 aromatic carbocycles. The van der Waals surface area contributed by atoms with Crippen molar-refractivity contribution in [3.05, 3.63) is 23.8 Å². The van der Waals surface area contributed by atoms with E-state index in [1.165, 1.54) is 12.8 Å². The Bertz CT molecular complexity index is 668. The number of carbonyl (C=O) groups excluding carboxylic acids is 2. The number of benzene rings is 1. The van der Waals surface area contributed by atoms with Crippen molar-refractivity contribution in [2.24, 2.45) is 11.8 Å². The van der Waals surface area contributed by atoms with Gasteiger partial charge in [0.15, 0.2) is 0 Å². The summed E-state index contributed by atoms with van der Waals surface area (Å²) in [5.41, 5.74) is 0.551. The maximum Gasteiger partial charge on any atom is 0.254 e. The summed E-state index contributed by atoms with van der Waals surface area (Å²) in [6, 6.07) is 5.54. The largest absolute Gasteiger partial charge is 0.497 e. The highest BCUT2D eigenvalue weighted by Crippen LogP contribution is 2.27. The standard InChI is InChI=1S/C22H32N2O4/c1-15-4-6-18(7-5-15)23-21(25)16-8-10-24(11-9-16)22(26)17-12-19(27-2)14-20(13-17)28-3/h12-16,18H,4-11H2,1-3H3,(H,23,25). The van der Waals surface area contributed by atoms with E-state index in [0.717, 1.165) is 18.8 Å². The lowest BCUT2D eigenvalue weighted by Gasteiger charge is -2.33. The number of carbonyl (C=O) groups is 2. The smallest absolute Gasteiger partial charge is 0.254 e. The van der Waals surface area contributed by atoms with Crippen molar-refractivity contribution in [3.63, 3.8) is 0 Å². The van der Waals surface area contributed by atoms with Gasteiger partial charge in [0.2, 0.25) is 5.91 Å². The van der Waals surface area contributed by atoms with Gasteiger partial charge in [0.25, 0.3) is 5.91 Å². The first-order chi connectivity index (χ1) is 13.5. The molecule has 2 aliphatic rings. The molecule has 1 saturated carbocycles. The molecule has 1 N–H and O–H groups in total. The molecule has 1 heterocycles. The first-order valence-corrected chi connectivity index (χ1v) is 10.3. The topological polar surface area (TPSA) is 67.9 Å². The number of likely N-dealkylation sites (tertiary alicyclic amines) is 1. The van der Waals surface area contributed by atoms with Crippen molar-refractivity contribution in [2.75, 3.05) is 27.3 Å². The molecule has 28 heavy (non-hydrogen) atoms. The number of hydrogen-bond acceptors (Lipinski definition) is 4. The fraction of sp³-hybridized carbons (Fsp3) is 0.636. The Morgan fingerprint density at radius 1 is 0.929 bits per heavy atom. The van der Waals surface area contributed by atoms with Crippen molar-refractivity contribution in [3.8, 4) is 11.5 Å². The average molecular weight is 389 g/mol. The molecule has 2 fully saturated rings. The Balaban J connectivity index is 1.53. The normalized spacial score (nSPS) is 23.2. The molecule has 6 nitrogen and oxygen atoms in total. The van der Waals surface area contributed by atoms with Crippen LogP contribution in [0.4, 0.5) is 0 Å². The summed E-state index contributed by atoms with van der Waals surface area (Å²) in [6.45, 7) is 3.47. The predicted octanol–water partition coefficient (Wildman–Crippen LogP) is 3.25. The summed E-state index contributed by atoms with van der Waals surface area (Å²) in [5.74, 6) is 2.09. The third-order valence-electron chi connectivity index (χ3n) is 6.11. The molecule has 0 radical (unpaired) electrons. The molecule has 0 bridgehead atoms. The van der Waals surface area contributed by atoms with Crippen LogP contribution in [0, 0.1) is 11.8 Å². The average Bonchev–Trinajstić information content (AvgIpc) is 2.74. The maximum atomic E-state index is 12.9. The van der Waals surface area contributed by atoms with Gasteiger partial charge >= 0.3 is 0 Å². The highest BCUT2D eigenvalue weighted by molar-refractivity contribution is 5.95. The second-order valence-electron chi connectivity index (χ2n) is 8.13. The van der Waals surface area contributed by atoms with Gasteiger partial charge < -0.3 is 19.7 Å². The lowest BCUT2D eigenvalue weighted by Crippen LogP contribution is -2.46. The lowest BCUT2D eigenvalue weighted by atomic mass is 9.86. The van der Waals surface area contributed by atoms with Gasteiger partial charge in [-0.1, -0.05) is 6.92 Å². The number of rotatable bonds is 5. The minimum atomic E-state index is -0.0441. The highest BCUT2D eigenvalue weighted by atomic mass is 16.5. The summed E-state index contributed by atoms with van der Waals surface area (Å²) < 4.78 is 10.5. The Hall–Kier alpha value is -2.24. The van der Waals surface area contributed by atoms with Crippen molar-refractivity contribution < 1.29 is 19.1 Å². The molecule has 0 unspecified atom stereocenters. The second-order valence-corrected chi connectivity index (χ2v) is 8.13. The summed E-state index contributed by atoms with van der Waals surface area (Å²) >= 11 is 0. The Kier molecular flexibility index (Phi) is 6.81. The number of piperidine rings is 1. The Morgan fingerprint density at radius 2 is 1.50 bits per heavy atom. The Labute approximate surface area is 167 Å². The SMILES string of the molecule is COc1cc(OC)cc(C(=O)N2CCC(C(=O)NC3CCC(C)CC3)CC2)c1. The summed E-state index contributed by atoms with van der Waals surface area (Å²) in [7, 11) is 3.14. The molecule has 1 aliphatic heterocycles. The summed E-state index contributed by atoms with van der Waals surface area (Å²) in [6.07, 6.45) is 5.98. The van der Waals surface area contributed by atoms with Crippen molar-refractivity contribution in [1.82, 2.24) is 10.2 Å². The van der Waals surface area contributed by atoms with Crippen LogP contribution in [0.25, 0.3) is 0 Å². The molecule has 1 saturated heterocycles. The Morgan fingerprint density at radius 3 is 2.04 bits per heavy atom.